The molecule has 1 saturated carbocycles. The Labute approximate surface area is 273 Å². The van der Waals surface area contributed by atoms with Crippen molar-refractivity contribution < 1.29 is 14.3 Å². The number of amides is 2. The van der Waals surface area contributed by atoms with Crippen molar-refractivity contribution >= 4 is 41.1 Å². The van der Waals surface area contributed by atoms with Crippen molar-refractivity contribution in [1.29, 1.82) is 10.7 Å². The second-order valence-corrected chi connectivity index (χ2v) is 13.0. The molecule has 0 atom stereocenters. The van der Waals surface area contributed by atoms with Crippen LogP contribution in [0.1, 0.15) is 75.0 Å². The Morgan fingerprint density at radius 2 is 1.93 bits per heavy atom. The molecule has 2 aliphatic heterocycles. The van der Waals surface area contributed by atoms with Crippen molar-refractivity contribution in [2.75, 3.05) is 23.4 Å². The van der Waals surface area contributed by atoms with Crippen LogP contribution in [0.25, 0.3) is 11.1 Å². The number of ether oxygens (including phenoxy) is 1. The zero-order chi connectivity index (χ0) is 32.4. The van der Waals surface area contributed by atoms with Crippen LogP contribution in [0, 0.1) is 22.7 Å². The van der Waals surface area contributed by atoms with E-state index in [1.165, 1.54) is 18.6 Å². The van der Waals surface area contributed by atoms with E-state index in [-0.39, 0.29) is 43.0 Å². The standard InChI is InChI=1S/C34H37ClN8O3/c1-20(2)12-27-25(14-36)33(26(15-37)34(41-27)40-23-6-8-24(9-7-23)42-11-3-4-31(42)44)21-5-10-28-29(13-21)46-19-32(45)43(28)18-30-38-16-22(35)17-39-30/h5,10,13,15-17,20,23-24,37H,3-4,6-9,11-12,18-19H2,1-2H3,(H,40,41). The molecule has 0 radical (unpaired) electrons. The van der Waals surface area contributed by atoms with Gasteiger partial charge in [-0.05, 0) is 62.1 Å². The zero-order valence-electron chi connectivity index (χ0n) is 26.1. The van der Waals surface area contributed by atoms with Gasteiger partial charge < -0.3 is 20.4 Å². The molecule has 4 heterocycles. The number of hydrogen-bond acceptors (Lipinski definition) is 9. The van der Waals surface area contributed by atoms with Gasteiger partial charge in [0, 0.05) is 54.8 Å². The molecule has 6 rings (SSSR count). The first-order chi connectivity index (χ1) is 22.2. The molecule has 1 aliphatic carbocycles. The first-order valence-corrected chi connectivity index (χ1v) is 16.2. The number of likely N-dealkylation sites (tertiary alicyclic amines) is 1. The summed E-state index contributed by atoms with van der Waals surface area (Å²) in [6.07, 6.45) is 10.0. The fourth-order valence-electron chi connectivity index (χ4n) is 6.73. The highest BCUT2D eigenvalue weighted by atomic mass is 35.5. The normalized spacial score (nSPS) is 19.5. The zero-order valence-corrected chi connectivity index (χ0v) is 26.8. The molecule has 2 fully saturated rings. The number of benzene rings is 1. The van der Waals surface area contributed by atoms with Gasteiger partial charge in [-0.15, -0.1) is 0 Å². The second-order valence-electron chi connectivity index (χ2n) is 12.5. The van der Waals surface area contributed by atoms with E-state index >= 15 is 0 Å². The lowest BCUT2D eigenvalue weighted by Gasteiger charge is -2.35. The van der Waals surface area contributed by atoms with Crippen molar-refractivity contribution in [3.05, 3.63) is 58.3 Å². The van der Waals surface area contributed by atoms with Gasteiger partial charge in [0.15, 0.2) is 6.61 Å². The van der Waals surface area contributed by atoms with Crippen LogP contribution < -0.4 is 15.0 Å². The van der Waals surface area contributed by atoms with Crippen molar-refractivity contribution in [2.45, 2.75) is 77.4 Å². The summed E-state index contributed by atoms with van der Waals surface area (Å²) in [4.78, 5) is 42.3. The SMILES string of the molecule is CC(C)Cc1nc(NC2CCC(N3CCCC3=O)CC2)c(C=N)c(-c2ccc3c(c2)OCC(=O)N3Cc2ncc(Cl)cn2)c1C#N. The molecular weight excluding hydrogens is 604 g/mol. The van der Waals surface area contributed by atoms with E-state index in [1.54, 1.807) is 11.0 Å². The summed E-state index contributed by atoms with van der Waals surface area (Å²) in [5, 5.41) is 22.9. The Morgan fingerprint density at radius 3 is 2.59 bits per heavy atom. The molecule has 46 heavy (non-hydrogen) atoms. The summed E-state index contributed by atoms with van der Waals surface area (Å²) in [6.45, 7) is 5.02. The highest BCUT2D eigenvalue weighted by Gasteiger charge is 2.33. The monoisotopic (exact) mass is 640 g/mol. The van der Waals surface area contributed by atoms with Crippen LogP contribution in [0.2, 0.25) is 5.02 Å². The van der Waals surface area contributed by atoms with E-state index in [0.29, 0.717) is 68.9 Å². The molecule has 1 saturated heterocycles. The summed E-state index contributed by atoms with van der Waals surface area (Å²) >= 11 is 5.94. The van der Waals surface area contributed by atoms with Crippen LogP contribution in [0.5, 0.6) is 5.75 Å². The summed E-state index contributed by atoms with van der Waals surface area (Å²) in [5.41, 5.74) is 3.49. The average molecular weight is 641 g/mol. The van der Waals surface area contributed by atoms with Gasteiger partial charge in [0.25, 0.3) is 5.91 Å². The molecule has 0 unspecified atom stereocenters. The molecule has 11 nitrogen and oxygen atoms in total. The molecule has 3 aliphatic rings. The van der Waals surface area contributed by atoms with Crippen LogP contribution in [0.4, 0.5) is 11.5 Å². The number of nitriles is 1. The van der Waals surface area contributed by atoms with Gasteiger partial charge in [0.1, 0.15) is 23.5 Å². The third-order valence-corrected chi connectivity index (χ3v) is 9.12. The van der Waals surface area contributed by atoms with Gasteiger partial charge in [-0.25, -0.2) is 15.0 Å². The molecule has 12 heteroatoms. The number of carbonyl (C=O) groups is 2. The smallest absolute Gasteiger partial charge is 0.265 e. The average Bonchev–Trinajstić information content (AvgIpc) is 3.48. The van der Waals surface area contributed by atoms with Gasteiger partial charge in [0.05, 0.1) is 28.5 Å². The summed E-state index contributed by atoms with van der Waals surface area (Å²) in [7, 11) is 0. The topological polar surface area (TPSA) is 148 Å². The number of fused-ring (bicyclic) bond motifs is 1. The van der Waals surface area contributed by atoms with Crippen molar-refractivity contribution in [3.8, 4) is 22.9 Å². The number of pyridine rings is 1. The molecular formula is C34H37ClN8O3. The minimum absolute atomic E-state index is 0.134. The second kappa shape index (κ2) is 13.4. The quantitative estimate of drug-likeness (QED) is 0.290. The summed E-state index contributed by atoms with van der Waals surface area (Å²) < 4.78 is 5.89. The van der Waals surface area contributed by atoms with E-state index in [2.05, 4.69) is 35.2 Å². The molecule has 2 N–H and O–H groups in total. The molecule has 3 aromatic rings. The maximum Gasteiger partial charge on any atom is 0.265 e. The van der Waals surface area contributed by atoms with Gasteiger partial charge in [-0.3, -0.25) is 14.5 Å². The predicted octanol–water partition coefficient (Wildman–Crippen LogP) is 5.53. The third-order valence-electron chi connectivity index (χ3n) is 8.92. The first-order valence-electron chi connectivity index (χ1n) is 15.8. The maximum atomic E-state index is 12.9. The molecule has 238 valence electrons. The Hall–Kier alpha value is -4.56. The van der Waals surface area contributed by atoms with Crippen molar-refractivity contribution in [3.63, 3.8) is 0 Å². The van der Waals surface area contributed by atoms with Crippen molar-refractivity contribution in [1.82, 2.24) is 19.9 Å². The van der Waals surface area contributed by atoms with Gasteiger partial charge in [-0.1, -0.05) is 31.5 Å². The summed E-state index contributed by atoms with van der Waals surface area (Å²) in [6, 6.07) is 8.26. The number of halogens is 1. The van der Waals surface area contributed by atoms with E-state index in [9.17, 15) is 14.9 Å². The van der Waals surface area contributed by atoms with E-state index < -0.39 is 0 Å². The number of carbonyl (C=O) groups excluding carboxylic acids is 2. The van der Waals surface area contributed by atoms with E-state index in [1.807, 2.05) is 17.0 Å². The maximum absolute atomic E-state index is 12.9. The van der Waals surface area contributed by atoms with Crippen LogP contribution in [0.15, 0.2) is 30.6 Å². The molecule has 1 aromatic carbocycles. The highest BCUT2D eigenvalue weighted by molar-refractivity contribution is 6.30. The summed E-state index contributed by atoms with van der Waals surface area (Å²) in [5.74, 6) is 1.79. The van der Waals surface area contributed by atoms with Gasteiger partial charge in [-0.2, -0.15) is 5.26 Å². The molecule has 2 amide bonds. The van der Waals surface area contributed by atoms with E-state index in [0.717, 1.165) is 38.6 Å². The fourth-order valence-corrected chi connectivity index (χ4v) is 6.83. The van der Waals surface area contributed by atoms with Crippen LogP contribution in [-0.4, -0.2) is 63.1 Å². The number of rotatable bonds is 9. The number of nitrogens with one attached hydrogen (secondary N) is 2. The highest BCUT2D eigenvalue weighted by Crippen LogP contribution is 2.41. The largest absolute Gasteiger partial charge is 0.482 e. The Bertz CT molecular complexity index is 1700. The van der Waals surface area contributed by atoms with Crippen LogP contribution in [0.3, 0.4) is 0 Å². The number of nitrogens with zero attached hydrogens (tertiary/aromatic N) is 6. The van der Waals surface area contributed by atoms with E-state index in [4.69, 9.17) is 26.7 Å². The minimum atomic E-state index is -0.227. The molecule has 2 aromatic heterocycles. The third kappa shape index (κ3) is 6.40. The first kappa shape index (κ1) is 31.4. The number of hydrogen-bond donors (Lipinski definition) is 2. The Morgan fingerprint density at radius 1 is 1.17 bits per heavy atom. The lowest BCUT2D eigenvalue weighted by molar-refractivity contribution is -0.130. The lowest BCUT2D eigenvalue weighted by Crippen LogP contribution is -2.41. The predicted molar refractivity (Wildman–Crippen MR) is 175 cm³/mol. The van der Waals surface area contributed by atoms with Gasteiger partial charge in [0.2, 0.25) is 5.91 Å². The van der Waals surface area contributed by atoms with Crippen molar-refractivity contribution in [2.24, 2.45) is 5.92 Å². The number of aromatic nitrogens is 3. The van der Waals surface area contributed by atoms with Crippen LogP contribution in [-0.2, 0) is 22.6 Å². The van der Waals surface area contributed by atoms with Crippen LogP contribution >= 0.6 is 11.6 Å². The lowest BCUT2D eigenvalue weighted by atomic mass is 9.89. The molecule has 0 spiro atoms. The number of anilines is 2. The Kier molecular flexibility index (Phi) is 9.17. The molecule has 0 bridgehead atoms. The Balaban J connectivity index is 1.34. The minimum Gasteiger partial charge on any atom is -0.482 e. The van der Waals surface area contributed by atoms with Gasteiger partial charge >= 0.3 is 0 Å². The fraction of sp³-hybridized carbons (Fsp3) is 0.441.